The van der Waals surface area contributed by atoms with Crippen molar-refractivity contribution in [1.29, 1.82) is 0 Å². The first-order chi connectivity index (χ1) is 11.2. The van der Waals surface area contributed by atoms with Crippen molar-refractivity contribution in [3.05, 3.63) is 42.1 Å². The van der Waals surface area contributed by atoms with Crippen LogP contribution in [0.5, 0.6) is 0 Å². The van der Waals surface area contributed by atoms with Gasteiger partial charge in [-0.15, -0.1) is 11.6 Å². The maximum atomic E-state index is 13.0. The Kier molecular flexibility index (Phi) is 5.33. The van der Waals surface area contributed by atoms with E-state index in [-0.39, 0.29) is 11.7 Å². The number of nitrogens with zero attached hydrogens (tertiary/aromatic N) is 3. The molecule has 0 saturated carbocycles. The SMILES string of the molecule is CN(C)c1ncc(C(F)(F)F)cc1-c1cccc(N=C(N)CCl)c1. The van der Waals surface area contributed by atoms with Gasteiger partial charge in [0.05, 0.1) is 17.1 Å². The topological polar surface area (TPSA) is 54.5 Å². The number of hydrogen-bond donors (Lipinski definition) is 1. The second kappa shape index (κ2) is 7.09. The molecule has 2 rings (SSSR count). The van der Waals surface area contributed by atoms with Crippen LogP contribution in [0.15, 0.2) is 41.5 Å². The maximum Gasteiger partial charge on any atom is 0.417 e. The number of anilines is 1. The van der Waals surface area contributed by atoms with Gasteiger partial charge in [-0.1, -0.05) is 12.1 Å². The van der Waals surface area contributed by atoms with E-state index in [1.54, 1.807) is 43.3 Å². The predicted molar refractivity (Wildman–Crippen MR) is 91.0 cm³/mol. The summed E-state index contributed by atoms with van der Waals surface area (Å²) in [4.78, 5) is 9.72. The normalized spacial score (nSPS) is 12.3. The van der Waals surface area contributed by atoms with Gasteiger partial charge in [0.15, 0.2) is 0 Å². The zero-order chi connectivity index (χ0) is 17.9. The Bertz CT molecular complexity index is 757. The molecule has 1 aromatic carbocycles. The number of alkyl halides is 4. The minimum Gasteiger partial charge on any atom is -0.386 e. The van der Waals surface area contributed by atoms with Gasteiger partial charge in [0.1, 0.15) is 11.7 Å². The van der Waals surface area contributed by atoms with Crippen LogP contribution < -0.4 is 10.6 Å². The van der Waals surface area contributed by atoms with E-state index >= 15 is 0 Å². The van der Waals surface area contributed by atoms with Crippen LogP contribution >= 0.6 is 11.6 Å². The van der Waals surface area contributed by atoms with Crippen molar-refractivity contribution >= 4 is 28.9 Å². The van der Waals surface area contributed by atoms with Gasteiger partial charge < -0.3 is 10.6 Å². The molecule has 1 aromatic heterocycles. The number of nitrogens with two attached hydrogens (primary N) is 1. The molecule has 0 spiro atoms. The fourth-order valence-corrected chi connectivity index (χ4v) is 2.18. The molecule has 24 heavy (non-hydrogen) atoms. The Morgan fingerprint density at radius 1 is 1.29 bits per heavy atom. The molecule has 4 nitrogen and oxygen atoms in total. The monoisotopic (exact) mass is 356 g/mol. The quantitative estimate of drug-likeness (QED) is 0.510. The van der Waals surface area contributed by atoms with Crippen molar-refractivity contribution in [3.63, 3.8) is 0 Å². The Morgan fingerprint density at radius 2 is 2.00 bits per heavy atom. The molecule has 0 bridgehead atoms. The van der Waals surface area contributed by atoms with E-state index in [1.165, 1.54) is 0 Å². The molecule has 0 aliphatic heterocycles. The van der Waals surface area contributed by atoms with E-state index in [0.717, 1.165) is 12.3 Å². The van der Waals surface area contributed by atoms with Crippen molar-refractivity contribution in [2.24, 2.45) is 10.7 Å². The Hall–Kier alpha value is -2.28. The lowest BCUT2D eigenvalue weighted by Crippen LogP contribution is -2.14. The van der Waals surface area contributed by atoms with E-state index in [2.05, 4.69) is 9.98 Å². The average Bonchev–Trinajstić information content (AvgIpc) is 2.53. The number of halogens is 4. The summed E-state index contributed by atoms with van der Waals surface area (Å²) in [6.07, 6.45) is -3.64. The highest BCUT2D eigenvalue weighted by atomic mass is 35.5. The number of pyridine rings is 1. The lowest BCUT2D eigenvalue weighted by molar-refractivity contribution is -0.137. The van der Waals surface area contributed by atoms with Crippen molar-refractivity contribution in [2.75, 3.05) is 24.9 Å². The summed E-state index contributed by atoms with van der Waals surface area (Å²) in [7, 11) is 3.43. The van der Waals surface area contributed by atoms with E-state index in [1.807, 2.05) is 0 Å². The highest BCUT2D eigenvalue weighted by molar-refractivity contribution is 6.28. The second-order valence-corrected chi connectivity index (χ2v) is 5.54. The zero-order valence-electron chi connectivity index (χ0n) is 13.1. The van der Waals surface area contributed by atoms with Crippen molar-refractivity contribution in [1.82, 2.24) is 4.98 Å². The number of rotatable bonds is 4. The number of benzene rings is 1. The van der Waals surface area contributed by atoms with Gasteiger partial charge in [-0.05, 0) is 23.8 Å². The molecule has 2 N–H and O–H groups in total. The van der Waals surface area contributed by atoms with Gasteiger partial charge in [-0.25, -0.2) is 9.98 Å². The highest BCUT2D eigenvalue weighted by Crippen LogP contribution is 2.36. The first-order valence-electron chi connectivity index (χ1n) is 6.96. The van der Waals surface area contributed by atoms with Crippen LogP contribution in [0.3, 0.4) is 0 Å². The molecule has 0 atom stereocenters. The van der Waals surface area contributed by atoms with Crippen LogP contribution in [0.4, 0.5) is 24.7 Å². The van der Waals surface area contributed by atoms with Gasteiger partial charge in [0, 0.05) is 25.9 Å². The molecular weight excluding hydrogens is 341 g/mol. The standard InChI is InChI=1S/C16H16ClF3N4/c1-24(2)15-13(7-11(9-22-15)16(18,19)20)10-4-3-5-12(6-10)23-14(21)8-17/h3-7,9H,8H2,1-2H3,(H2,21,23). The van der Waals surface area contributed by atoms with Gasteiger partial charge in [0.25, 0.3) is 0 Å². The molecule has 0 unspecified atom stereocenters. The van der Waals surface area contributed by atoms with E-state index in [9.17, 15) is 13.2 Å². The molecule has 128 valence electrons. The van der Waals surface area contributed by atoms with Gasteiger partial charge in [-0.3, -0.25) is 0 Å². The van der Waals surface area contributed by atoms with E-state index in [4.69, 9.17) is 17.3 Å². The fourth-order valence-electron chi connectivity index (χ4n) is 2.12. The second-order valence-electron chi connectivity index (χ2n) is 5.27. The predicted octanol–water partition coefficient (Wildman–Crippen LogP) is 4.06. The van der Waals surface area contributed by atoms with Gasteiger partial charge in [-0.2, -0.15) is 13.2 Å². The lowest BCUT2D eigenvalue weighted by atomic mass is 10.0. The molecule has 0 radical (unpaired) electrons. The van der Waals surface area contributed by atoms with Crippen LogP contribution in [0, 0.1) is 0 Å². The fraction of sp³-hybridized carbons (Fsp3) is 0.250. The lowest BCUT2D eigenvalue weighted by Gasteiger charge is -2.18. The number of aromatic nitrogens is 1. The smallest absolute Gasteiger partial charge is 0.386 e. The molecule has 0 amide bonds. The van der Waals surface area contributed by atoms with Crippen LogP contribution in [0.1, 0.15) is 5.56 Å². The van der Waals surface area contributed by atoms with Crippen LogP contribution in [0.25, 0.3) is 11.1 Å². The summed E-state index contributed by atoms with van der Waals surface area (Å²) in [5, 5.41) is 0. The molecule has 2 aromatic rings. The van der Waals surface area contributed by atoms with Crippen LogP contribution in [0.2, 0.25) is 0 Å². The third kappa shape index (κ3) is 4.17. The van der Waals surface area contributed by atoms with Crippen molar-refractivity contribution in [3.8, 4) is 11.1 Å². The summed E-state index contributed by atoms with van der Waals surface area (Å²) < 4.78 is 39.0. The summed E-state index contributed by atoms with van der Waals surface area (Å²) >= 11 is 5.60. The summed E-state index contributed by atoms with van der Waals surface area (Å²) in [6.45, 7) is 0. The Morgan fingerprint density at radius 3 is 2.58 bits per heavy atom. The summed E-state index contributed by atoms with van der Waals surface area (Å²) in [5.41, 5.74) is 6.22. The largest absolute Gasteiger partial charge is 0.417 e. The van der Waals surface area contributed by atoms with Gasteiger partial charge in [0.2, 0.25) is 0 Å². The van der Waals surface area contributed by atoms with Crippen molar-refractivity contribution < 1.29 is 13.2 Å². The maximum absolute atomic E-state index is 13.0. The minimum absolute atomic E-state index is 0.0677. The van der Waals surface area contributed by atoms with Gasteiger partial charge >= 0.3 is 6.18 Å². The van der Waals surface area contributed by atoms with Crippen LogP contribution in [-0.2, 0) is 6.18 Å². The minimum atomic E-state index is -4.47. The molecular formula is C16H16ClF3N4. The number of hydrogen-bond acceptors (Lipinski definition) is 3. The molecule has 0 fully saturated rings. The molecule has 8 heteroatoms. The number of amidine groups is 1. The molecule has 0 aliphatic rings. The van der Waals surface area contributed by atoms with Crippen molar-refractivity contribution in [2.45, 2.75) is 6.18 Å². The first-order valence-corrected chi connectivity index (χ1v) is 7.50. The Balaban J connectivity index is 2.60. The first kappa shape index (κ1) is 18.1. The average molecular weight is 357 g/mol. The summed E-state index contributed by atoms with van der Waals surface area (Å²) in [6, 6.07) is 7.80. The van der Waals surface area contributed by atoms with Crippen LogP contribution in [-0.4, -0.2) is 30.8 Å². The highest BCUT2D eigenvalue weighted by Gasteiger charge is 2.32. The third-order valence-electron chi connectivity index (χ3n) is 3.18. The Labute approximate surface area is 142 Å². The summed E-state index contributed by atoms with van der Waals surface area (Å²) in [5.74, 6) is 0.719. The van der Waals surface area contributed by atoms with E-state index in [0.29, 0.717) is 22.6 Å². The molecule has 1 heterocycles. The van der Waals surface area contributed by atoms with E-state index < -0.39 is 11.7 Å². The number of aliphatic imine (C=N–C) groups is 1. The molecule has 0 saturated heterocycles. The third-order valence-corrected chi connectivity index (χ3v) is 3.46. The molecule has 0 aliphatic carbocycles. The zero-order valence-corrected chi connectivity index (χ0v) is 13.9.